The maximum absolute atomic E-state index is 10.8. The number of hydrogen-bond donors (Lipinski definition) is 2. The number of benzene rings is 1. The van der Waals surface area contributed by atoms with Gasteiger partial charge in [-0.25, -0.2) is 0 Å². The molecule has 0 atom stereocenters. The second-order valence-electron chi connectivity index (χ2n) is 3.88. The number of aryl methyl sites for hydroxylation is 1. The molecule has 0 amide bonds. The summed E-state index contributed by atoms with van der Waals surface area (Å²) in [5, 5.41) is 27.1. The third kappa shape index (κ3) is 2.89. The van der Waals surface area contributed by atoms with Crippen LogP contribution in [0.4, 0.5) is 11.4 Å². The van der Waals surface area contributed by atoms with E-state index in [4.69, 9.17) is 16.1 Å². The van der Waals surface area contributed by atoms with Crippen LogP contribution in [0.25, 0.3) is 6.08 Å². The molecule has 2 N–H and O–H groups in total. The molecular formula is C12H10ClN3O4. The van der Waals surface area contributed by atoms with Gasteiger partial charge in [0.2, 0.25) is 5.76 Å². The van der Waals surface area contributed by atoms with Gasteiger partial charge >= 0.3 is 5.69 Å². The van der Waals surface area contributed by atoms with Crippen LogP contribution >= 0.6 is 11.6 Å². The number of anilines is 1. The Kier molecular flexibility index (Phi) is 3.90. The first-order chi connectivity index (χ1) is 9.49. The van der Waals surface area contributed by atoms with Gasteiger partial charge in [0.05, 0.1) is 10.6 Å². The molecule has 20 heavy (non-hydrogen) atoms. The Hall–Kier alpha value is -2.54. The van der Waals surface area contributed by atoms with Crippen molar-refractivity contribution in [3.63, 3.8) is 0 Å². The standard InChI is InChI=1S/C12H10ClN3O4/c1-7-12(16(18)19)11(20-15-7)4-5-14-9-6-8(13)2-3-10(9)17/h2-6,14,17H,1H3/b5-4+. The van der Waals surface area contributed by atoms with Gasteiger partial charge in [-0.2, -0.15) is 0 Å². The summed E-state index contributed by atoms with van der Waals surface area (Å²) in [6, 6.07) is 4.48. The van der Waals surface area contributed by atoms with Gasteiger partial charge < -0.3 is 14.9 Å². The van der Waals surface area contributed by atoms with E-state index in [-0.39, 0.29) is 22.9 Å². The molecule has 0 saturated heterocycles. The second kappa shape index (κ2) is 5.62. The smallest absolute Gasteiger partial charge is 0.338 e. The molecule has 2 aromatic rings. The van der Waals surface area contributed by atoms with Crippen LogP contribution in [0.1, 0.15) is 11.5 Å². The molecule has 0 spiro atoms. The Labute approximate surface area is 118 Å². The molecular weight excluding hydrogens is 286 g/mol. The number of nitrogens with zero attached hydrogens (tertiary/aromatic N) is 2. The topological polar surface area (TPSA) is 101 Å². The van der Waals surface area contributed by atoms with Crippen molar-refractivity contribution >= 4 is 29.1 Å². The van der Waals surface area contributed by atoms with Crippen LogP contribution in [-0.4, -0.2) is 15.2 Å². The normalized spacial score (nSPS) is 10.9. The minimum Gasteiger partial charge on any atom is -0.506 e. The van der Waals surface area contributed by atoms with Crippen LogP contribution in [0.3, 0.4) is 0 Å². The number of aromatic hydroxyl groups is 1. The van der Waals surface area contributed by atoms with Crippen molar-refractivity contribution in [1.29, 1.82) is 0 Å². The molecule has 2 rings (SSSR count). The zero-order valence-electron chi connectivity index (χ0n) is 10.3. The summed E-state index contributed by atoms with van der Waals surface area (Å²) in [6.45, 7) is 1.48. The Morgan fingerprint density at radius 3 is 3.00 bits per heavy atom. The van der Waals surface area contributed by atoms with E-state index in [1.165, 1.54) is 37.4 Å². The van der Waals surface area contributed by atoms with Gasteiger partial charge in [-0.3, -0.25) is 10.1 Å². The van der Waals surface area contributed by atoms with Gasteiger partial charge in [-0.05, 0) is 25.1 Å². The fourth-order valence-electron chi connectivity index (χ4n) is 1.54. The third-order valence-electron chi connectivity index (χ3n) is 2.47. The number of halogens is 1. The lowest BCUT2D eigenvalue weighted by molar-refractivity contribution is -0.386. The third-order valence-corrected chi connectivity index (χ3v) is 2.71. The summed E-state index contributed by atoms with van der Waals surface area (Å²) in [5.41, 5.74) is 0.367. The number of nitrogens with one attached hydrogen (secondary N) is 1. The number of rotatable bonds is 4. The Bertz CT molecular complexity index is 681. The van der Waals surface area contributed by atoms with Crippen molar-refractivity contribution in [2.24, 2.45) is 0 Å². The number of nitro groups is 1. The van der Waals surface area contributed by atoms with Crippen LogP contribution < -0.4 is 5.32 Å². The number of aromatic nitrogens is 1. The lowest BCUT2D eigenvalue weighted by Crippen LogP contribution is -1.91. The average molecular weight is 296 g/mol. The van der Waals surface area contributed by atoms with E-state index < -0.39 is 4.92 Å². The SMILES string of the molecule is Cc1noc(/C=C/Nc2cc(Cl)ccc2O)c1[N+](=O)[O-]. The lowest BCUT2D eigenvalue weighted by Gasteiger charge is -2.03. The van der Waals surface area contributed by atoms with Crippen molar-refractivity contribution < 1.29 is 14.6 Å². The lowest BCUT2D eigenvalue weighted by atomic mass is 10.3. The largest absolute Gasteiger partial charge is 0.506 e. The van der Waals surface area contributed by atoms with Gasteiger partial charge in [0.25, 0.3) is 0 Å². The average Bonchev–Trinajstić information content (AvgIpc) is 2.75. The first kappa shape index (κ1) is 13.9. The summed E-state index contributed by atoms with van der Waals surface area (Å²) in [4.78, 5) is 10.3. The number of phenols is 1. The molecule has 0 aliphatic heterocycles. The predicted octanol–water partition coefficient (Wildman–Crippen LogP) is 3.33. The highest BCUT2D eigenvalue weighted by molar-refractivity contribution is 6.30. The van der Waals surface area contributed by atoms with Crippen molar-refractivity contribution in [2.75, 3.05) is 5.32 Å². The molecule has 0 aliphatic rings. The summed E-state index contributed by atoms with van der Waals surface area (Å²) >= 11 is 5.79. The van der Waals surface area contributed by atoms with Crippen LogP contribution in [0, 0.1) is 17.0 Å². The minimum atomic E-state index is -0.567. The van der Waals surface area contributed by atoms with E-state index in [1.807, 2.05) is 0 Å². The molecule has 1 heterocycles. The summed E-state index contributed by atoms with van der Waals surface area (Å²) in [5.74, 6) is 0.0174. The van der Waals surface area contributed by atoms with E-state index >= 15 is 0 Å². The molecule has 1 aromatic heterocycles. The van der Waals surface area contributed by atoms with Crippen molar-refractivity contribution in [3.8, 4) is 5.75 Å². The first-order valence-corrected chi connectivity index (χ1v) is 5.89. The molecule has 7 nitrogen and oxygen atoms in total. The van der Waals surface area contributed by atoms with E-state index in [1.54, 1.807) is 0 Å². The molecule has 0 unspecified atom stereocenters. The van der Waals surface area contributed by atoms with Gasteiger partial charge in [0, 0.05) is 17.3 Å². The van der Waals surface area contributed by atoms with Gasteiger partial charge in [0.15, 0.2) is 5.69 Å². The summed E-state index contributed by atoms with van der Waals surface area (Å²) in [6.07, 6.45) is 2.73. The van der Waals surface area contributed by atoms with Crippen LogP contribution in [0.2, 0.25) is 5.02 Å². The Morgan fingerprint density at radius 2 is 2.30 bits per heavy atom. The molecule has 0 bridgehead atoms. The fraction of sp³-hybridized carbons (Fsp3) is 0.0833. The van der Waals surface area contributed by atoms with E-state index in [0.29, 0.717) is 10.7 Å². The number of phenolic OH excluding ortho intramolecular Hbond substituents is 1. The van der Waals surface area contributed by atoms with Crippen molar-refractivity contribution in [2.45, 2.75) is 6.92 Å². The monoisotopic (exact) mass is 295 g/mol. The molecule has 0 saturated carbocycles. The minimum absolute atomic E-state index is 0.00213. The highest BCUT2D eigenvalue weighted by Gasteiger charge is 2.21. The predicted molar refractivity (Wildman–Crippen MR) is 73.7 cm³/mol. The fourth-order valence-corrected chi connectivity index (χ4v) is 1.72. The van der Waals surface area contributed by atoms with E-state index in [2.05, 4.69) is 10.5 Å². The first-order valence-electron chi connectivity index (χ1n) is 5.51. The molecule has 0 radical (unpaired) electrons. The molecule has 0 fully saturated rings. The zero-order valence-corrected chi connectivity index (χ0v) is 11.1. The quantitative estimate of drug-likeness (QED) is 0.509. The zero-order chi connectivity index (χ0) is 14.7. The highest BCUT2D eigenvalue weighted by atomic mass is 35.5. The van der Waals surface area contributed by atoms with E-state index in [9.17, 15) is 15.2 Å². The summed E-state index contributed by atoms with van der Waals surface area (Å²) in [7, 11) is 0. The van der Waals surface area contributed by atoms with Gasteiger partial charge in [-0.15, -0.1) is 0 Å². The Morgan fingerprint density at radius 1 is 1.55 bits per heavy atom. The second-order valence-corrected chi connectivity index (χ2v) is 4.31. The maximum Gasteiger partial charge on any atom is 0.338 e. The van der Waals surface area contributed by atoms with E-state index in [0.717, 1.165) is 0 Å². The van der Waals surface area contributed by atoms with Crippen molar-refractivity contribution in [3.05, 3.63) is 51.0 Å². The molecule has 104 valence electrons. The van der Waals surface area contributed by atoms with Crippen LogP contribution in [0.15, 0.2) is 28.9 Å². The Balaban J connectivity index is 2.19. The van der Waals surface area contributed by atoms with Crippen LogP contribution in [-0.2, 0) is 0 Å². The molecule has 1 aromatic carbocycles. The number of hydrogen-bond acceptors (Lipinski definition) is 6. The van der Waals surface area contributed by atoms with Crippen LogP contribution in [0.5, 0.6) is 5.75 Å². The van der Waals surface area contributed by atoms with Crippen molar-refractivity contribution in [1.82, 2.24) is 5.16 Å². The molecule has 8 heteroatoms. The van der Waals surface area contributed by atoms with Gasteiger partial charge in [0.1, 0.15) is 5.75 Å². The highest BCUT2D eigenvalue weighted by Crippen LogP contribution is 2.27. The summed E-state index contributed by atoms with van der Waals surface area (Å²) < 4.78 is 4.84. The molecule has 0 aliphatic carbocycles. The van der Waals surface area contributed by atoms with Gasteiger partial charge in [-0.1, -0.05) is 16.8 Å². The maximum atomic E-state index is 10.8.